The number of likely N-dealkylation sites (N-methyl/N-ethyl adjacent to an activating group) is 1. The van der Waals surface area contributed by atoms with E-state index in [-0.39, 0.29) is 5.92 Å². The van der Waals surface area contributed by atoms with Gasteiger partial charge < -0.3 is 14.9 Å². The number of aliphatic carboxylic acids is 1. The standard InChI is InChI=1S/C13H25N3O2/c1-14(2)7-8-15-5-4-12(10-15)16-6-3-11(9-16)13(17)18/h11-12H,3-10H2,1-2H3,(H,17,18). The number of hydrogen-bond acceptors (Lipinski definition) is 4. The van der Waals surface area contributed by atoms with Crippen LogP contribution >= 0.6 is 0 Å². The van der Waals surface area contributed by atoms with Gasteiger partial charge in [-0.05, 0) is 40.0 Å². The fourth-order valence-corrected chi connectivity index (χ4v) is 2.98. The van der Waals surface area contributed by atoms with Crippen molar-refractivity contribution in [1.29, 1.82) is 0 Å². The molecule has 2 aliphatic heterocycles. The van der Waals surface area contributed by atoms with Gasteiger partial charge in [-0.15, -0.1) is 0 Å². The van der Waals surface area contributed by atoms with Gasteiger partial charge in [0.1, 0.15) is 0 Å². The molecule has 2 atom stereocenters. The molecule has 0 aromatic heterocycles. The normalized spacial score (nSPS) is 30.4. The van der Waals surface area contributed by atoms with Crippen molar-refractivity contribution in [3.63, 3.8) is 0 Å². The van der Waals surface area contributed by atoms with Gasteiger partial charge in [-0.1, -0.05) is 0 Å². The molecule has 0 aromatic carbocycles. The van der Waals surface area contributed by atoms with Gasteiger partial charge in [0.15, 0.2) is 0 Å². The van der Waals surface area contributed by atoms with Crippen molar-refractivity contribution in [3.8, 4) is 0 Å². The van der Waals surface area contributed by atoms with Crippen LogP contribution < -0.4 is 0 Å². The Bertz CT molecular complexity index is 296. The second kappa shape index (κ2) is 5.99. The maximum Gasteiger partial charge on any atom is 0.307 e. The average Bonchev–Trinajstić information content (AvgIpc) is 2.95. The Balaban J connectivity index is 1.74. The van der Waals surface area contributed by atoms with Crippen molar-refractivity contribution in [2.45, 2.75) is 18.9 Å². The second-order valence-corrected chi connectivity index (χ2v) is 5.87. The minimum absolute atomic E-state index is 0.138. The van der Waals surface area contributed by atoms with Crippen LogP contribution in [0.15, 0.2) is 0 Å². The molecule has 104 valence electrons. The summed E-state index contributed by atoms with van der Waals surface area (Å²) in [5, 5.41) is 9.03. The van der Waals surface area contributed by atoms with Crippen LogP contribution in [0.2, 0.25) is 0 Å². The van der Waals surface area contributed by atoms with E-state index in [1.165, 1.54) is 6.42 Å². The Hall–Kier alpha value is -0.650. The Kier molecular flexibility index (Phi) is 4.59. The van der Waals surface area contributed by atoms with Crippen LogP contribution in [0, 0.1) is 5.92 Å². The van der Waals surface area contributed by atoms with Crippen molar-refractivity contribution < 1.29 is 9.90 Å². The molecule has 18 heavy (non-hydrogen) atoms. The largest absolute Gasteiger partial charge is 0.481 e. The highest BCUT2D eigenvalue weighted by atomic mass is 16.4. The molecule has 0 radical (unpaired) electrons. The van der Waals surface area contributed by atoms with E-state index in [0.717, 1.165) is 45.7 Å². The molecule has 2 fully saturated rings. The average molecular weight is 255 g/mol. The monoisotopic (exact) mass is 255 g/mol. The molecule has 0 amide bonds. The number of hydrogen-bond donors (Lipinski definition) is 1. The molecule has 5 heteroatoms. The SMILES string of the molecule is CN(C)CCN1CCC(N2CCC(C(=O)O)C2)C1. The zero-order valence-corrected chi connectivity index (χ0v) is 11.5. The number of nitrogens with zero attached hydrogens (tertiary/aromatic N) is 3. The van der Waals surface area contributed by atoms with Crippen molar-refractivity contribution in [1.82, 2.24) is 14.7 Å². The van der Waals surface area contributed by atoms with E-state index < -0.39 is 5.97 Å². The Morgan fingerprint density at radius 1 is 1.28 bits per heavy atom. The van der Waals surface area contributed by atoms with Gasteiger partial charge in [-0.2, -0.15) is 0 Å². The first-order valence-corrected chi connectivity index (χ1v) is 6.90. The molecule has 2 heterocycles. The first kappa shape index (κ1) is 13.8. The lowest BCUT2D eigenvalue weighted by Gasteiger charge is -2.24. The Morgan fingerprint density at radius 3 is 2.67 bits per heavy atom. The maximum atomic E-state index is 11.0. The van der Waals surface area contributed by atoms with Gasteiger partial charge in [0.05, 0.1) is 5.92 Å². The predicted molar refractivity (Wildman–Crippen MR) is 70.7 cm³/mol. The van der Waals surface area contributed by atoms with Gasteiger partial charge in [-0.25, -0.2) is 0 Å². The summed E-state index contributed by atoms with van der Waals surface area (Å²) in [6.45, 7) is 6.21. The van der Waals surface area contributed by atoms with Crippen LogP contribution in [0.1, 0.15) is 12.8 Å². The highest BCUT2D eigenvalue weighted by molar-refractivity contribution is 5.70. The van der Waals surface area contributed by atoms with Gasteiger partial charge in [0.25, 0.3) is 0 Å². The third kappa shape index (κ3) is 3.43. The summed E-state index contributed by atoms with van der Waals surface area (Å²) in [6.07, 6.45) is 2.02. The molecule has 2 saturated heterocycles. The fraction of sp³-hybridized carbons (Fsp3) is 0.923. The number of likely N-dealkylation sites (tertiary alicyclic amines) is 2. The van der Waals surface area contributed by atoms with Gasteiger partial charge in [0, 0.05) is 32.2 Å². The summed E-state index contributed by atoms with van der Waals surface area (Å²) in [4.78, 5) is 18.1. The van der Waals surface area contributed by atoms with E-state index in [4.69, 9.17) is 5.11 Å². The third-order valence-electron chi connectivity index (χ3n) is 4.20. The van der Waals surface area contributed by atoms with E-state index in [1.54, 1.807) is 0 Å². The van der Waals surface area contributed by atoms with Gasteiger partial charge in [-0.3, -0.25) is 9.69 Å². The first-order chi connectivity index (χ1) is 8.56. The summed E-state index contributed by atoms with van der Waals surface area (Å²) in [5.41, 5.74) is 0. The molecule has 2 unspecified atom stereocenters. The lowest BCUT2D eigenvalue weighted by Crippen LogP contribution is -2.37. The third-order valence-corrected chi connectivity index (χ3v) is 4.20. The predicted octanol–water partition coefficient (Wildman–Crippen LogP) is 0.0288. The minimum Gasteiger partial charge on any atom is -0.481 e. The van der Waals surface area contributed by atoms with Crippen LogP contribution in [-0.4, -0.2) is 85.2 Å². The van der Waals surface area contributed by atoms with Gasteiger partial charge >= 0.3 is 5.97 Å². The van der Waals surface area contributed by atoms with Crippen LogP contribution in [0.25, 0.3) is 0 Å². The van der Waals surface area contributed by atoms with Crippen LogP contribution in [0.4, 0.5) is 0 Å². The second-order valence-electron chi connectivity index (χ2n) is 5.87. The highest BCUT2D eigenvalue weighted by Crippen LogP contribution is 2.23. The molecule has 5 nitrogen and oxygen atoms in total. The highest BCUT2D eigenvalue weighted by Gasteiger charge is 2.35. The number of rotatable bonds is 5. The molecule has 2 aliphatic rings. The van der Waals surface area contributed by atoms with Crippen LogP contribution in [0.5, 0.6) is 0 Å². The molecule has 2 rings (SSSR count). The van der Waals surface area contributed by atoms with Crippen LogP contribution in [-0.2, 0) is 4.79 Å². The summed E-state index contributed by atoms with van der Waals surface area (Å²) < 4.78 is 0. The summed E-state index contributed by atoms with van der Waals surface area (Å²) in [6, 6.07) is 0.580. The molecule has 0 bridgehead atoms. The molecule has 0 aliphatic carbocycles. The van der Waals surface area contributed by atoms with Crippen molar-refractivity contribution in [2.24, 2.45) is 5.92 Å². The zero-order chi connectivity index (χ0) is 13.1. The minimum atomic E-state index is -0.625. The van der Waals surface area contributed by atoms with Crippen molar-refractivity contribution in [2.75, 3.05) is 53.4 Å². The van der Waals surface area contributed by atoms with Gasteiger partial charge in [0.2, 0.25) is 0 Å². The molecule has 0 spiro atoms. The first-order valence-electron chi connectivity index (χ1n) is 6.90. The fourth-order valence-electron chi connectivity index (χ4n) is 2.98. The van der Waals surface area contributed by atoms with E-state index in [2.05, 4.69) is 28.8 Å². The summed E-state index contributed by atoms with van der Waals surface area (Å²) in [7, 11) is 4.21. The molecule has 0 saturated carbocycles. The summed E-state index contributed by atoms with van der Waals surface area (Å²) >= 11 is 0. The van der Waals surface area contributed by atoms with E-state index >= 15 is 0 Å². The number of carboxylic acids is 1. The number of carbonyl (C=O) groups is 1. The van der Waals surface area contributed by atoms with E-state index in [0.29, 0.717) is 6.04 Å². The van der Waals surface area contributed by atoms with E-state index in [9.17, 15) is 4.79 Å². The lowest BCUT2D eigenvalue weighted by atomic mass is 10.1. The molecule has 1 N–H and O–H groups in total. The molecule has 0 aromatic rings. The Morgan fingerprint density at radius 2 is 2.06 bits per heavy atom. The smallest absolute Gasteiger partial charge is 0.307 e. The van der Waals surface area contributed by atoms with Crippen molar-refractivity contribution >= 4 is 5.97 Å². The number of carboxylic acid groups (broad SMARTS) is 1. The van der Waals surface area contributed by atoms with Crippen molar-refractivity contribution in [3.05, 3.63) is 0 Å². The topological polar surface area (TPSA) is 47.0 Å². The van der Waals surface area contributed by atoms with Crippen LogP contribution in [0.3, 0.4) is 0 Å². The Labute approximate surface area is 109 Å². The molecular formula is C13H25N3O2. The lowest BCUT2D eigenvalue weighted by molar-refractivity contribution is -0.141. The summed E-state index contributed by atoms with van der Waals surface area (Å²) in [5.74, 6) is -0.763. The maximum absolute atomic E-state index is 11.0. The quantitative estimate of drug-likeness (QED) is 0.751. The zero-order valence-electron chi connectivity index (χ0n) is 11.5. The molecular weight excluding hydrogens is 230 g/mol. The van der Waals surface area contributed by atoms with E-state index in [1.807, 2.05) is 0 Å².